The molecule has 3 aromatic rings. The van der Waals surface area contributed by atoms with Crippen LogP contribution in [0.15, 0.2) is 57.9 Å². The van der Waals surface area contributed by atoms with Gasteiger partial charge in [-0.25, -0.2) is 4.39 Å². The number of hydrogen-bond acceptors (Lipinski definition) is 5. The third-order valence-electron chi connectivity index (χ3n) is 2.80. The van der Waals surface area contributed by atoms with E-state index in [-0.39, 0.29) is 11.5 Å². The van der Waals surface area contributed by atoms with Crippen molar-refractivity contribution in [2.75, 3.05) is 5.73 Å². The van der Waals surface area contributed by atoms with Gasteiger partial charge in [0.2, 0.25) is 0 Å². The molecule has 1 aromatic heterocycles. The number of nitrogens with two attached hydrogens (primary N) is 1. The first-order chi connectivity index (χ1) is 10.2. The summed E-state index contributed by atoms with van der Waals surface area (Å²) in [6.07, 6.45) is 0. The third kappa shape index (κ3) is 3.22. The lowest BCUT2D eigenvalue weighted by atomic mass is 10.2. The predicted molar refractivity (Wildman–Crippen MR) is 80.1 cm³/mol. The predicted octanol–water partition coefficient (Wildman–Crippen LogP) is 3.75. The molecule has 0 unspecified atom stereocenters. The lowest BCUT2D eigenvalue weighted by molar-refractivity contribution is 0.423. The number of rotatable bonds is 4. The molecule has 0 saturated carbocycles. The Morgan fingerprint density at radius 3 is 2.71 bits per heavy atom. The van der Waals surface area contributed by atoms with Crippen LogP contribution >= 0.6 is 11.8 Å². The fraction of sp³-hybridized carbons (Fsp3) is 0.0667. The van der Waals surface area contributed by atoms with Crippen LogP contribution in [0, 0.1) is 5.82 Å². The Labute approximate surface area is 125 Å². The molecule has 0 atom stereocenters. The zero-order chi connectivity index (χ0) is 14.7. The standard InChI is InChI=1S/C15H12FN3OS/c16-13-8-10(17)6-7-12(13)15-18-14(19-20-15)9-21-11-4-2-1-3-5-11/h1-8H,9,17H2. The maximum atomic E-state index is 13.8. The van der Waals surface area contributed by atoms with Crippen LogP contribution in [-0.2, 0) is 5.75 Å². The van der Waals surface area contributed by atoms with Crippen molar-refractivity contribution in [1.82, 2.24) is 10.1 Å². The molecule has 0 bridgehead atoms. The van der Waals surface area contributed by atoms with Gasteiger partial charge >= 0.3 is 0 Å². The van der Waals surface area contributed by atoms with Crippen molar-refractivity contribution in [3.63, 3.8) is 0 Å². The Hall–Kier alpha value is -2.34. The number of nitrogens with zero attached hydrogens (tertiary/aromatic N) is 2. The van der Waals surface area contributed by atoms with Gasteiger partial charge in [0.25, 0.3) is 5.89 Å². The van der Waals surface area contributed by atoms with Crippen LogP contribution in [0.3, 0.4) is 0 Å². The molecule has 0 saturated heterocycles. The molecular weight excluding hydrogens is 289 g/mol. The van der Waals surface area contributed by atoms with E-state index in [0.29, 0.717) is 17.3 Å². The molecule has 0 radical (unpaired) electrons. The second-order valence-corrected chi connectivity index (χ2v) is 5.41. The molecule has 6 heteroatoms. The van der Waals surface area contributed by atoms with E-state index in [1.165, 1.54) is 12.1 Å². The lowest BCUT2D eigenvalue weighted by Gasteiger charge is -1.98. The maximum Gasteiger partial charge on any atom is 0.260 e. The Morgan fingerprint density at radius 2 is 1.95 bits per heavy atom. The molecule has 0 fully saturated rings. The molecule has 0 aliphatic heterocycles. The number of thioether (sulfide) groups is 1. The van der Waals surface area contributed by atoms with Crippen LogP contribution in [0.4, 0.5) is 10.1 Å². The van der Waals surface area contributed by atoms with Gasteiger partial charge in [0.05, 0.1) is 11.3 Å². The van der Waals surface area contributed by atoms with Crippen LogP contribution in [0.5, 0.6) is 0 Å². The lowest BCUT2D eigenvalue weighted by Crippen LogP contribution is -1.90. The number of nitrogen functional groups attached to an aromatic ring is 1. The average molecular weight is 301 g/mol. The number of hydrogen-bond donors (Lipinski definition) is 1. The fourth-order valence-corrected chi connectivity index (χ4v) is 2.55. The normalized spacial score (nSPS) is 10.7. The molecule has 0 aliphatic carbocycles. The van der Waals surface area contributed by atoms with Crippen molar-refractivity contribution in [1.29, 1.82) is 0 Å². The highest BCUT2D eigenvalue weighted by molar-refractivity contribution is 7.98. The maximum absolute atomic E-state index is 13.8. The third-order valence-corrected chi connectivity index (χ3v) is 3.81. The molecule has 3 rings (SSSR count). The van der Waals surface area contributed by atoms with Gasteiger partial charge in [-0.15, -0.1) is 11.8 Å². The van der Waals surface area contributed by atoms with Crippen molar-refractivity contribution in [2.45, 2.75) is 10.6 Å². The summed E-state index contributed by atoms with van der Waals surface area (Å²) in [4.78, 5) is 5.32. The van der Waals surface area contributed by atoms with E-state index in [1.807, 2.05) is 30.3 Å². The largest absolute Gasteiger partial charge is 0.399 e. The van der Waals surface area contributed by atoms with E-state index in [1.54, 1.807) is 17.8 Å². The molecular formula is C15H12FN3OS. The second-order valence-electron chi connectivity index (χ2n) is 4.36. The van der Waals surface area contributed by atoms with E-state index in [2.05, 4.69) is 10.1 Å². The Morgan fingerprint density at radius 1 is 1.14 bits per heavy atom. The van der Waals surface area contributed by atoms with Crippen LogP contribution in [0.2, 0.25) is 0 Å². The van der Waals surface area contributed by atoms with Crippen molar-refractivity contribution in [2.24, 2.45) is 0 Å². The van der Waals surface area contributed by atoms with Gasteiger partial charge in [-0.3, -0.25) is 0 Å². The summed E-state index contributed by atoms with van der Waals surface area (Å²) in [5.41, 5.74) is 6.13. The number of halogens is 1. The van der Waals surface area contributed by atoms with Crippen LogP contribution in [0.1, 0.15) is 5.82 Å². The van der Waals surface area contributed by atoms with E-state index in [4.69, 9.17) is 10.3 Å². The van der Waals surface area contributed by atoms with Gasteiger partial charge < -0.3 is 10.3 Å². The van der Waals surface area contributed by atoms with E-state index in [0.717, 1.165) is 4.90 Å². The van der Waals surface area contributed by atoms with Gasteiger partial charge in [-0.1, -0.05) is 23.4 Å². The summed E-state index contributed by atoms with van der Waals surface area (Å²) in [6, 6.07) is 14.3. The molecule has 4 nitrogen and oxygen atoms in total. The van der Waals surface area contributed by atoms with Gasteiger partial charge in [0.1, 0.15) is 5.82 Å². The summed E-state index contributed by atoms with van der Waals surface area (Å²) < 4.78 is 18.9. The van der Waals surface area contributed by atoms with Crippen LogP contribution < -0.4 is 5.73 Å². The summed E-state index contributed by atoms with van der Waals surface area (Å²) in [7, 11) is 0. The summed E-state index contributed by atoms with van der Waals surface area (Å²) >= 11 is 1.59. The van der Waals surface area contributed by atoms with Gasteiger partial charge in [0.15, 0.2) is 5.82 Å². The summed E-state index contributed by atoms with van der Waals surface area (Å²) in [5.74, 6) is 0.775. The van der Waals surface area contributed by atoms with E-state index < -0.39 is 5.82 Å². The van der Waals surface area contributed by atoms with Crippen molar-refractivity contribution in [3.8, 4) is 11.5 Å². The van der Waals surface area contributed by atoms with Gasteiger partial charge in [-0.05, 0) is 30.3 Å². The molecule has 106 valence electrons. The minimum atomic E-state index is -0.471. The first kappa shape index (κ1) is 13.6. The number of anilines is 1. The fourth-order valence-electron chi connectivity index (χ4n) is 1.79. The number of aromatic nitrogens is 2. The highest BCUT2D eigenvalue weighted by Gasteiger charge is 2.13. The minimum absolute atomic E-state index is 0.163. The molecule has 2 aromatic carbocycles. The Bertz CT molecular complexity index is 746. The van der Waals surface area contributed by atoms with Gasteiger partial charge in [0, 0.05) is 10.6 Å². The zero-order valence-electron chi connectivity index (χ0n) is 11.0. The van der Waals surface area contributed by atoms with Crippen molar-refractivity contribution in [3.05, 3.63) is 60.2 Å². The monoisotopic (exact) mass is 301 g/mol. The van der Waals surface area contributed by atoms with Crippen LogP contribution in [-0.4, -0.2) is 10.1 Å². The van der Waals surface area contributed by atoms with Crippen LogP contribution in [0.25, 0.3) is 11.5 Å². The molecule has 0 aliphatic rings. The molecule has 2 N–H and O–H groups in total. The van der Waals surface area contributed by atoms with Gasteiger partial charge in [-0.2, -0.15) is 4.98 Å². The first-order valence-electron chi connectivity index (χ1n) is 6.28. The highest BCUT2D eigenvalue weighted by atomic mass is 32.2. The minimum Gasteiger partial charge on any atom is -0.399 e. The Kier molecular flexibility index (Phi) is 3.87. The highest BCUT2D eigenvalue weighted by Crippen LogP contribution is 2.25. The smallest absolute Gasteiger partial charge is 0.260 e. The number of benzene rings is 2. The van der Waals surface area contributed by atoms with Crippen molar-refractivity contribution >= 4 is 17.4 Å². The molecule has 21 heavy (non-hydrogen) atoms. The summed E-state index contributed by atoms with van der Waals surface area (Å²) in [6.45, 7) is 0. The summed E-state index contributed by atoms with van der Waals surface area (Å²) in [5, 5.41) is 3.87. The second kappa shape index (κ2) is 5.97. The van der Waals surface area contributed by atoms with E-state index >= 15 is 0 Å². The molecule has 0 amide bonds. The zero-order valence-corrected chi connectivity index (χ0v) is 11.8. The quantitative estimate of drug-likeness (QED) is 0.587. The first-order valence-corrected chi connectivity index (χ1v) is 7.27. The molecule has 1 heterocycles. The topological polar surface area (TPSA) is 64.9 Å². The Balaban J connectivity index is 1.74. The van der Waals surface area contributed by atoms with E-state index in [9.17, 15) is 4.39 Å². The molecule has 0 spiro atoms. The SMILES string of the molecule is Nc1ccc(-c2nc(CSc3ccccc3)no2)c(F)c1. The van der Waals surface area contributed by atoms with Crippen molar-refractivity contribution < 1.29 is 8.91 Å². The average Bonchev–Trinajstić information content (AvgIpc) is 2.95.